The first-order chi connectivity index (χ1) is 16.7. The molecule has 0 amide bonds. The lowest BCUT2D eigenvalue weighted by molar-refractivity contribution is -0.155. The van der Waals surface area contributed by atoms with E-state index in [9.17, 15) is 22.0 Å². The summed E-state index contributed by atoms with van der Waals surface area (Å²) < 4.78 is 67.4. The molecule has 2 aliphatic heterocycles. The maximum Gasteiger partial charge on any atom is 0.401 e. The van der Waals surface area contributed by atoms with Gasteiger partial charge in [0.2, 0.25) is 5.95 Å². The van der Waals surface area contributed by atoms with Crippen LogP contribution in [0.3, 0.4) is 0 Å². The van der Waals surface area contributed by atoms with Gasteiger partial charge in [0.15, 0.2) is 0 Å². The minimum absolute atomic E-state index is 0.219. The highest BCUT2D eigenvalue weighted by molar-refractivity contribution is 5.84. The lowest BCUT2D eigenvalue weighted by atomic mass is 9.85. The lowest BCUT2D eigenvalue weighted by Crippen LogP contribution is -2.54. The first kappa shape index (κ1) is 23.9. The Kier molecular flexibility index (Phi) is 6.39. The van der Waals surface area contributed by atoms with Crippen LogP contribution in [0.2, 0.25) is 0 Å². The highest BCUT2D eigenvalue weighted by Gasteiger charge is 2.42. The zero-order valence-electron chi connectivity index (χ0n) is 19.2. The van der Waals surface area contributed by atoms with Gasteiger partial charge in [0.05, 0.1) is 53.8 Å². The average Bonchev–Trinajstić information content (AvgIpc) is 3.17. The molecular formula is C24H27F5N6. The van der Waals surface area contributed by atoms with Gasteiger partial charge in [0, 0.05) is 25.7 Å². The molecule has 0 radical (unpaired) electrons. The van der Waals surface area contributed by atoms with Gasteiger partial charge in [0.25, 0.3) is 0 Å². The van der Waals surface area contributed by atoms with Crippen LogP contribution in [0.25, 0.3) is 10.9 Å². The molecule has 3 aromatic rings. The normalized spacial score (nSPS) is 21.8. The van der Waals surface area contributed by atoms with Gasteiger partial charge in [-0.25, -0.2) is 0 Å². The predicted molar refractivity (Wildman–Crippen MR) is 123 cm³/mol. The van der Waals surface area contributed by atoms with E-state index < -0.39 is 30.8 Å². The van der Waals surface area contributed by atoms with E-state index in [0.29, 0.717) is 34.1 Å². The number of aromatic amines is 1. The summed E-state index contributed by atoms with van der Waals surface area (Å²) in [5.41, 5.74) is 2.96. The van der Waals surface area contributed by atoms with Crippen molar-refractivity contribution < 1.29 is 22.0 Å². The third-order valence-corrected chi connectivity index (χ3v) is 6.88. The predicted octanol–water partition coefficient (Wildman–Crippen LogP) is 4.45. The van der Waals surface area contributed by atoms with Gasteiger partial charge in [-0.2, -0.15) is 22.7 Å². The van der Waals surface area contributed by atoms with Crippen molar-refractivity contribution in [3.8, 4) is 0 Å². The number of rotatable bonds is 7. The summed E-state index contributed by atoms with van der Waals surface area (Å²) in [7, 11) is 0. The van der Waals surface area contributed by atoms with Crippen molar-refractivity contribution in [2.75, 3.05) is 38.2 Å². The van der Waals surface area contributed by atoms with Crippen LogP contribution >= 0.6 is 0 Å². The molecule has 35 heavy (non-hydrogen) atoms. The number of hydrogen-bond donors (Lipinski definition) is 2. The number of aromatic nitrogens is 3. The van der Waals surface area contributed by atoms with Gasteiger partial charge in [-0.1, -0.05) is 6.07 Å². The molecule has 2 aliphatic rings. The molecule has 2 atom stereocenters. The van der Waals surface area contributed by atoms with Crippen LogP contribution in [-0.2, 0) is 6.42 Å². The molecular weight excluding hydrogens is 467 g/mol. The van der Waals surface area contributed by atoms with Crippen LogP contribution in [0.5, 0.6) is 0 Å². The fourth-order valence-corrected chi connectivity index (χ4v) is 5.28. The monoisotopic (exact) mass is 494 g/mol. The molecule has 0 spiro atoms. The molecule has 0 bridgehead atoms. The van der Waals surface area contributed by atoms with Gasteiger partial charge in [0.1, 0.15) is 0 Å². The molecule has 1 saturated heterocycles. The second-order valence-electron chi connectivity index (χ2n) is 9.42. The van der Waals surface area contributed by atoms with E-state index in [0.717, 1.165) is 25.3 Å². The third kappa shape index (κ3) is 4.84. The van der Waals surface area contributed by atoms with E-state index in [2.05, 4.69) is 25.4 Å². The number of nitrogens with zero attached hydrogens (tertiary/aromatic N) is 4. The Morgan fingerprint density at radius 1 is 1.17 bits per heavy atom. The summed E-state index contributed by atoms with van der Waals surface area (Å²) in [5.74, 6) is -0.583. The van der Waals surface area contributed by atoms with Crippen molar-refractivity contribution in [3.63, 3.8) is 0 Å². The van der Waals surface area contributed by atoms with Crippen molar-refractivity contribution in [3.05, 3.63) is 53.2 Å². The summed E-state index contributed by atoms with van der Waals surface area (Å²) in [4.78, 5) is 8.08. The first-order valence-electron chi connectivity index (χ1n) is 11.7. The number of benzene rings is 1. The molecule has 11 heteroatoms. The van der Waals surface area contributed by atoms with Gasteiger partial charge >= 0.3 is 6.18 Å². The fourth-order valence-electron chi connectivity index (χ4n) is 5.28. The summed E-state index contributed by atoms with van der Waals surface area (Å²) in [6.07, 6.45) is -1.97. The van der Waals surface area contributed by atoms with Crippen LogP contribution in [0.4, 0.5) is 27.6 Å². The molecule has 2 aromatic heterocycles. The number of hydrogen-bond acceptors (Lipinski definition) is 5. The maximum atomic E-state index is 14.5. The van der Waals surface area contributed by atoms with Crippen molar-refractivity contribution in [2.24, 2.45) is 0 Å². The molecule has 4 heterocycles. The van der Waals surface area contributed by atoms with Crippen LogP contribution in [0.15, 0.2) is 30.5 Å². The van der Waals surface area contributed by atoms with Crippen LogP contribution < -0.4 is 5.32 Å². The van der Waals surface area contributed by atoms with Gasteiger partial charge in [-0.3, -0.25) is 24.3 Å². The average molecular weight is 495 g/mol. The fraction of sp³-hybridized carbons (Fsp3) is 0.500. The minimum atomic E-state index is -4.39. The van der Waals surface area contributed by atoms with Crippen LogP contribution in [-0.4, -0.2) is 76.1 Å². The van der Waals surface area contributed by atoms with E-state index in [4.69, 9.17) is 0 Å². The summed E-state index contributed by atoms with van der Waals surface area (Å²) >= 11 is 0. The highest BCUT2D eigenvalue weighted by atomic mass is 19.4. The van der Waals surface area contributed by atoms with Crippen LogP contribution in [0.1, 0.15) is 36.2 Å². The minimum Gasteiger partial charge on any atom is -0.378 e. The van der Waals surface area contributed by atoms with Crippen molar-refractivity contribution >= 4 is 16.6 Å². The Morgan fingerprint density at radius 3 is 2.66 bits per heavy atom. The molecule has 0 saturated carbocycles. The number of H-pyrrole nitrogens is 1. The number of likely N-dealkylation sites (tertiary alicyclic amines) is 1. The Hall–Kier alpha value is -2.79. The number of nitrogens with one attached hydrogen (secondary N) is 2. The first-order valence-corrected chi connectivity index (χ1v) is 11.7. The topological polar surface area (TPSA) is 60.1 Å². The standard InChI is InChI=1S/C24H27F5N6/c1-14-9-18-17(4-6-19-21(18)23(26)33-32-19)22(35(14)13-24(27,28)29)20-5-3-15(10-30-20)31-16-11-34(12-16)8-2-7-25/h3-6,10,14,16,22,31H,2,7-9,11-13H2,1H3,(H,32,33)/t14-,22+/m1/s1. The lowest BCUT2D eigenvalue weighted by Gasteiger charge is -2.42. The second kappa shape index (κ2) is 9.34. The van der Waals surface area contributed by atoms with Crippen molar-refractivity contribution in [2.45, 2.75) is 44.1 Å². The number of pyridine rings is 1. The largest absolute Gasteiger partial charge is 0.401 e. The summed E-state index contributed by atoms with van der Waals surface area (Å²) in [6, 6.07) is 5.86. The van der Waals surface area contributed by atoms with E-state index in [-0.39, 0.29) is 19.1 Å². The second-order valence-corrected chi connectivity index (χ2v) is 9.42. The van der Waals surface area contributed by atoms with E-state index in [1.54, 1.807) is 31.3 Å². The van der Waals surface area contributed by atoms with Crippen LogP contribution in [0, 0.1) is 5.95 Å². The third-order valence-electron chi connectivity index (χ3n) is 6.88. The van der Waals surface area contributed by atoms with E-state index in [1.807, 2.05) is 6.07 Å². The number of halogens is 5. The quantitative estimate of drug-likeness (QED) is 0.476. The van der Waals surface area contributed by atoms with E-state index in [1.165, 1.54) is 4.90 Å². The Bertz CT molecular complexity index is 1170. The molecule has 5 rings (SSSR count). The molecule has 1 aromatic carbocycles. The molecule has 2 N–H and O–H groups in total. The molecule has 1 fully saturated rings. The Morgan fingerprint density at radius 2 is 1.97 bits per heavy atom. The molecule has 6 nitrogen and oxygen atoms in total. The van der Waals surface area contributed by atoms with Gasteiger partial charge < -0.3 is 5.32 Å². The van der Waals surface area contributed by atoms with E-state index >= 15 is 0 Å². The number of alkyl halides is 4. The highest BCUT2D eigenvalue weighted by Crippen LogP contribution is 2.41. The zero-order valence-corrected chi connectivity index (χ0v) is 19.2. The SMILES string of the molecule is C[C@@H]1Cc2c(ccc3n[nH]c(F)c23)[C@@H](c2ccc(NC3CN(CCCF)C3)cn2)N1CC(F)(F)F. The summed E-state index contributed by atoms with van der Waals surface area (Å²) in [5, 5.41) is 10.00. The summed E-state index contributed by atoms with van der Waals surface area (Å²) in [6.45, 7) is 2.64. The Balaban J connectivity index is 1.43. The zero-order chi connectivity index (χ0) is 24.7. The van der Waals surface area contributed by atoms with Gasteiger partial charge in [-0.15, -0.1) is 0 Å². The number of anilines is 1. The smallest absolute Gasteiger partial charge is 0.378 e. The maximum absolute atomic E-state index is 14.5. The molecule has 188 valence electrons. The van der Waals surface area contributed by atoms with Gasteiger partial charge in [-0.05, 0) is 49.1 Å². The van der Waals surface area contributed by atoms with Crippen molar-refractivity contribution in [1.29, 1.82) is 0 Å². The Labute approximate surface area is 199 Å². The van der Waals surface area contributed by atoms with Crippen molar-refractivity contribution in [1.82, 2.24) is 25.0 Å². The number of fused-ring (bicyclic) bond motifs is 3. The molecule has 0 unspecified atom stereocenters. The molecule has 0 aliphatic carbocycles.